The summed E-state index contributed by atoms with van der Waals surface area (Å²) in [5.74, 6) is 1.99. The van der Waals surface area contributed by atoms with Crippen molar-refractivity contribution in [1.82, 2.24) is 0 Å². The summed E-state index contributed by atoms with van der Waals surface area (Å²) in [7, 11) is 0. The third kappa shape index (κ3) is 2.18. The summed E-state index contributed by atoms with van der Waals surface area (Å²) in [4.78, 5) is 0. The molecule has 0 unspecified atom stereocenters. The third-order valence-electron chi connectivity index (χ3n) is 3.77. The van der Waals surface area contributed by atoms with Crippen LogP contribution in [0.3, 0.4) is 0 Å². The molecule has 0 nitrogen and oxygen atoms in total. The van der Waals surface area contributed by atoms with Crippen LogP contribution >= 0.6 is 0 Å². The highest BCUT2D eigenvalue weighted by Gasteiger charge is 2.31. The van der Waals surface area contributed by atoms with E-state index in [9.17, 15) is 0 Å². The summed E-state index contributed by atoms with van der Waals surface area (Å²) < 4.78 is 0. The minimum absolute atomic E-state index is 0.948. The second-order valence-corrected chi connectivity index (χ2v) is 5.21. The number of allylic oxidation sites excluding steroid dienone is 2. The van der Waals surface area contributed by atoms with E-state index in [-0.39, 0.29) is 0 Å². The molecule has 1 aliphatic carbocycles. The Morgan fingerprint density at radius 2 is 2.31 bits per heavy atom. The van der Waals surface area contributed by atoms with Crippen LogP contribution in [0.4, 0.5) is 0 Å². The normalized spacial score (nSPS) is 33.1. The van der Waals surface area contributed by atoms with Crippen LogP contribution in [-0.2, 0) is 0 Å². The van der Waals surface area contributed by atoms with Gasteiger partial charge < -0.3 is 0 Å². The molecule has 0 amide bonds. The molecule has 2 atom stereocenters. The maximum Gasteiger partial charge on any atom is 0.140 e. The molecule has 0 aromatic heterocycles. The molecule has 1 saturated heterocycles. The maximum absolute atomic E-state index is 2.55. The van der Waals surface area contributed by atoms with Crippen LogP contribution in [0.15, 0.2) is 11.6 Å². The van der Waals surface area contributed by atoms with Crippen molar-refractivity contribution < 1.29 is 0 Å². The van der Waals surface area contributed by atoms with Crippen molar-refractivity contribution in [3.63, 3.8) is 0 Å². The predicted octanol–water partition coefficient (Wildman–Crippen LogP) is 3.88. The zero-order valence-electron chi connectivity index (χ0n) is 9.05. The molecule has 1 fully saturated rings. The average molecular weight is 176 g/mol. The van der Waals surface area contributed by atoms with Gasteiger partial charge in [0.15, 0.2) is 0 Å². The molecule has 13 heavy (non-hydrogen) atoms. The van der Waals surface area contributed by atoms with Gasteiger partial charge in [0.2, 0.25) is 0 Å². The van der Waals surface area contributed by atoms with Gasteiger partial charge in [-0.25, -0.2) is 0 Å². The van der Waals surface area contributed by atoms with Crippen molar-refractivity contribution >= 4 is 6.71 Å². The van der Waals surface area contributed by atoms with Gasteiger partial charge in [-0.05, 0) is 31.6 Å². The van der Waals surface area contributed by atoms with Crippen LogP contribution in [0, 0.1) is 11.8 Å². The molecule has 0 aromatic rings. The Balaban J connectivity index is 1.98. The van der Waals surface area contributed by atoms with Crippen LogP contribution in [0.5, 0.6) is 0 Å². The smallest absolute Gasteiger partial charge is 0.0832 e. The Labute approximate surface area is 82.9 Å². The van der Waals surface area contributed by atoms with Crippen LogP contribution in [0.25, 0.3) is 0 Å². The lowest BCUT2D eigenvalue weighted by molar-refractivity contribution is 0.408. The van der Waals surface area contributed by atoms with E-state index in [0.717, 1.165) is 18.5 Å². The van der Waals surface area contributed by atoms with E-state index in [1.807, 2.05) is 0 Å². The molecule has 1 heteroatoms. The first-order valence-corrected chi connectivity index (χ1v) is 5.95. The Morgan fingerprint density at radius 1 is 1.46 bits per heavy atom. The summed E-state index contributed by atoms with van der Waals surface area (Å²) in [6.07, 6.45) is 11.3. The second-order valence-electron chi connectivity index (χ2n) is 5.21. The second kappa shape index (κ2) is 3.90. The lowest BCUT2D eigenvalue weighted by atomic mass is 9.35. The SMILES string of the molecule is CCCB1C[C@H]2C=C(C)C[C@@H](C1)C2. The summed E-state index contributed by atoms with van der Waals surface area (Å²) in [6.45, 7) is 5.70. The summed E-state index contributed by atoms with van der Waals surface area (Å²) in [6, 6.07) is 0. The predicted molar refractivity (Wildman–Crippen MR) is 60.4 cm³/mol. The van der Waals surface area contributed by atoms with Crippen LogP contribution in [-0.4, -0.2) is 6.71 Å². The molecule has 1 aliphatic heterocycles. The van der Waals surface area contributed by atoms with Gasteiger partial charge in [-0.2, -0.15) is 0 Å². The van der Waals surface area contributed by atoms with E-state index in [1.165, 1.54) is 38.2 Å². The Bertz CT molecular complexity index is 207. The monoisotopic (exact) mass is 176 g/mol. The largest absolute Gasteiger partial charge is 0.140 e. The van der Waals surface area contributed by atoms with Gasteiger partial charge in [0.25, 0.3) is 0 Å². The van der Waals surface area contributed by atoms with Crippen molar-refractivity contribution in [2.75, 3.05) is 0 Å². The lowest BCUT2D eigenvalue weighted by Gasteiger charge is -2.36. The fourth-order valence-corrected chi connectivity index (χ4v) is 3.49. The molecule has 2 bridgehead atoms. The molecule has 0 radical (unpaired) electrons. The Morgan fingerprint density at radius 3 is 3.00 bits per heavy atom. The average Bonchev–Trinajstić information content (AvgIpc) is 2.01. The van der Waals surface area contributed by atoms with E-state index in [2.05, 4.69) is 19.9 Å². The summed E-state index contributed by atoms with van der Waals surface area (Å²) in [5.41, 5.74) is 1.66. The van der Waals surface area contributed by atoms with Gasteiger partial charge in [0.1, 0.15) is 6.71 Å². The molecule has 0 spiro atoms. The summed E-state index contributed by atoms with van der Waals surface area (Å²) >= 11 is 0. The molecule has 2 aliphatic rings. The molecular weight excluding hydrogens is 155 g/mol. The van der Waals surface area contributed by atoms with Gasteiger partial charge in [0.05, 0.1) is 0 Å². The summed E-state index contributed by atoms with van der Waals surface area (Å²) in [5, 5.41) is 0. The first kappa shape index (κ1) is 9.36. The van der Waals surface area contributed by atoms with E-state index in [0.29, 0.717) is 0 Å². The molecule has 0 N–H and O–H groups in total. The van der Waals surface area contributed by atoms with Crippen molar-refractivity contribution in [1.29, 1.82) is 0 Å². The van der Waals surface area contributed by atoms with Crippen LogP contribution < -0.4 is 0 Å². The number of rotatable bonds is 2. The lowest BCUT2D eigenvalue weighted by Crippen LogP contribution is -2.30. The third-order valence-corrected chi connectivity index (χ3v) is 3.77. The van der Waals surface area contributed by atoms with Crippen molar-refractivity contribution in [2.45, 2.75) is 52.1 Å². The van der Waals surface area contributed by atoms with Gasteiger partial charge in [-0.1, -0.05) is 44.0 Å². The van der Waals surface area contributed by atoms with Gasteiger partial charge >= 0.3 is 0 Å². The van der Waals surface area contributed by atoms with Gasteiger partial charge in [-0.3, -0.25) is 0 Å². The Hall–Kier alpha value is -0.195. The molecule has 1 heterocycles. The topological polar surface area (TPSA) is 0 Å². The molecule has 2 rings (SSSR count). The first-order valence-electron chi connectivity index (χ1n) is 5.95. The van der Waals surface area contributed by atoms with E-state index in [1.54, 1.807) is 5.57 Å². The minimum Gasteiger partial charge on any atom is -0.0832 e. The first-order chi connectivity index (χ1) is 6.28. The number of hydrogen-bond acceptors (Lipinski definition) is 0. The van der Waals surface area contributed by atoms with E-state index >= 15 is 0 Å². The molecule has 0 aromatic carbocycles. The number of fused-ring (bicyclic) bond motifs is 2. The van der Waals surface area contributed by atoms with Crippen LogP contribution in [0.2, 0.25) is 19.0 Å². The fourth-order valence-electron chi connectivity index (χ4n) is 3.49. The molecule has 0 saturated carbocycles. The standard InChI is InChI=1S/C12H21B/c1-3-4-13-8-11-5-10(2)6-12(7-11)9-13/h5,11-12H,3-4,6-9H2,1-2H3/t11-,12+/m0/s1. The zero-order chi connectivity index (χ0) is 9.26. The van der Waals surface area contributed by atoms with E-state index < -0.39 is 0 Å². The molecule has 72 valence electrons. The van der Waals surface area contributed by atoms with Crippen molar-refractivity contribution in [2.24, 2.45) is 11.8 Å². The van der Waals surface area contributed by atoms with Gasteiger partial charge in [0, 0.05) is 0 Å². The van der Waals surface area contributed by atoms with E-state index in [4.69, 9.17) is 0 Å². The van der Waals surface area contributed by atoms with Crippen molar-refractivity contribution in [3.8, 4) is 0 Å². The van der Waals surface area contributed by atoms with Crippen LogP contribution in [0.1, 0.15) is 33.1 Å². The minimum atomic E-state index is 0.948. The quantitative estimate of drug-likeness (QED) is 0.442. The van der Waals surface area contributed by atoms with Crippen molar-refractivity contribution in [3.05, 3.63) is 11.6 Å². The highest BCUT2D eigenvalue weighted by Crippen LogP contribution is 2.40. The Kier molecular flexibility index (Phi) is 2.81. The van der Waals surface area contributed by atoms with Gasteiger partial charge in [-0.15, -0.1) is 0 Å². The highest BCUT2D eigenvalue weighted by atomic mass is 14.3. The molecular formula is C12H21B. The fraction of sp³-hybridized carbons (Fsp3) is 0.833. The maximum atomic E-state index is 2.55. The number of hydrogen-bond donors (Lipinski definition) is 0. The highest BCUT2D eigenvalue weighted by molar-refractivity contribution is 6.59. The zero-order valence-corrected chi connectivity index (χ0v) is 9.05.